The largest absolute Gasteiger partial charge is 0.496 e. The summed E-state index contributed by atoms with van der Waals surface area (Å²) in [5, 5.41) is 10.7. The zero-order chi connectivity index (χ0) is 11.6. The number of methoxy groups -OCH3 is 1. The Morgan fingerprint density at radius 3 is 2.47 bits per heavy atom. The second kappa shape index (κ2) is 4.08. The Balaban J connectivity index is 3.47. The normalized spacial score (nSPS) is 9.80. The van der Waals surface area contributed by atoms with Crippen molar-refractivity contribution >= 4 is 11.5 Å². The predicted octanol–water partition coefficient (Wildman–Crippen LogP) is 2.11. The van der Waals surface area contributed by atoms with Gasteiger partial charge in [0.1, 0.15) is 5.75 Å². The molecule has 0 saturated heterocycles. The molecule has 0 aliphatic carbocycles. The second-order valence-corrected chi connectivity index (χ2v) is 3.13. The average molecular weight is 209 g/mol. The standard InChI is InChI=1S/C10H11NO4/c1-6-9(7(2)12)4-8(15-3)5-10(6)11(13)14/h4-5H,1-3H3. The minimum absolute atomic E-state index is 0.0976. The summed E-state index contributed by atoms with van der Waals surface area (Å²) < 4.78 is 4.89. The molecule has 0 spiro atoms. The Labute approximate surface area is 86.8 Å². The highest BCUT2D eigenvalue weighted by Crippen LogP contribution is 2.28. The van der Waals surface area contributed by atoms with Crippen molar-refractivity contribution in [2.24, 2.45) is 0 Å². The molecule has 1 rings (SSSR count). The number of Topliss-reactive ketones (excluding diaryl/α,β-unsaturated/α-hetero) is 1. The summed E-state index contributed by atoms with van der Waals surface area (Å²) in [5.74, 6) is 0.104. The zero-order valence-corrected chi connectivity index (χ0v) is 8.73. The summed E-state index contributed by atoms with van der Waals surface area (Å²) in [7, 11) is 1.40. The fourth-order valence-corrected chi connectivity index (χ4v) is 1.35. The van der Waals surface area contributed by atoms with E-state index in [0.29, 0.717) is 16.9 Å². The number of ether oxygens (including phenoxy) is 1. The molecule has 0 radical (unpaired) electrons. The van der Waals surface area contributed by atoms with Crippen molar-refractivity contribution in [1.82, 2.24) is 0 Å². The van der Waals surface area contributed by atoms with Crippen LogP contribution in [-0.2, 0) is 0 Å². The lowest BCUT2D eigenvalue weighted by atomic mass is 10.0. The molecule has 5 heteroatoms. The smallest absolute Gasteiger partial charge is 0.276 e. The van der Waals surface area contributed by atoms with Crippen LogP contribution in [0, 0.1) is 17.0 Å². The van der Waals surface area contributed by atoms with Crippen molar-refractivity contribution in [3.8, 4) is 5.75 Å². The maximum Gasteiger partial charge on any atom is 0.276 e. The number of hydrogen-bond donors (Lipinski definition) is 0. The van der Waals surface area contributed by atoms with E-state index in [1.165, 1.54) is 26.2 Å². The molecule has 0 aliphatic rings. The van der Waals surface area contributed by atoms with Crippen LogP contribution >= 0.6 is 0 Å². The van der Waals surface area contributed by atoms with Gasteiger partial charge in [0.05, 0.1) is 18.1 Å². The highest BCUT2D eigenvalue weighted by molar-refractivity contribution is 5.97. The first-order valence-electron chi connectivity index (χ1n) is 4.31. The molecule has 80 valence electrons. The molecule has 15 heavy (non-hydrogen) atoms. The van der Waals surface area contributed by atoms with Crippen LogP contribution < -0.4 is 4.74 Å². The van der Waals surface area contributed by atoms with Gasteiger partial charge in [-0.05, 0) is 19.9 Å². The summed E-state index contributed by atoms with van der Waals surface area (Å²) >= 11 is 0. The van der Waals surface area contributed by atoms with Crippen molar-refractivity contribution in [3.05, 3.63) is 33.4 Å². The number of carbonyl (C=O) groups is 1. The number of nitro groups is 1. The first kappa shape index (κ1) is 11.2. The Morgan fingerprint density at radius 2 is 2.07 bits per heavy atom. The molecular weight excluding hydrogens is 198 g/mol. The van der Waals surface area contributed by atoms with Crippen molar-refractivity contribution in [1.29, 1.82) is 0 Å². The predicted molar refractivity (Wildman–Crippen MR) is 54.4 cm³/mol. The van der Waals surface area contributed by atoms with E-state index in [2.05, 4.69) is 0 Å². The van der Waals surface area contributed by atoms with E-state index in [1.807, 2.05) is 0 Å². The van der Waals surface area contributed by atoms with Crippen molar-refractivity contribution in [3.63, 3.8) is 0 Å². The van der Waals surface area contributed by atoms with E-state index >= 15 is 0 Å². The van der Waals surface area contributed by atoms with Gasteiger partial charge in [0.15, 0.2) is 5.78 Å². The molecule has 0 saturated carbocycles. The van der Waals surface area contributed by atoms with Crippen LogP contribution in [0.5, 0.6) is 5.75 Å². The third-order valence-corrected chi connectivity index (χ3v) is 2.17. The minimum Gasteiger partial charge on any atom is -0.496 e. The first-order chi connectivity index (χ1) is 6.97. The minimum atomic E-state index is -0.524. The van der Waals surface area contributed by atoms with Gasteiger partial charge in [0.25, 0.3) is 5.69 Å². The first-order valence-corrected chi connectivity index (χ1v) is 4.31. The lowest BCUT2D eigenvalue weighted by Gasteiger charge is -2.06. The number of carbonyl (C=O) groups excluding carboxylic acids is 1. The zero-order valence-electron chi connectivity index (χ0n) is 8.73. The SMILES string of the molecule is COc1cc(C(C)=O)c(C)c([N+](=O)[O-])c1. The molecule has 0 heterocycles. The molecule has 0 aliphatic heterocycles. The molecule has 0 aromatic heterocycles. The van der Waals surface area contributed by atoms with Crippen molar-refractivity contribution in [2.75, 3.05) is 7.11 Å². The highest BCUT2D eigenvalue weighted by atomic mass is 16.6. The summed E-state index contributed by atoms with van der Waals surface area (Å²) in [6, 6.07) is 2.81. The van der Waals surface area contributed by atoms with E-state index in [0.717, 1.165) is 0 Å². The number of nitrogens with zero attached hydrogens (tertiary/aromatic N) is 1. The van der Waals surface area contributed by atoms with Crippen LogP contribution in [0.1, 0.15) is 22.8 Å². The van der Waals surface area contributed by atoms with Crippen molar-refractivity contribution < 1.29 is 14.5 Å². The molecule has 0 unspecified atom stereocenters. The lowest BCUT2D eigenvalue weighted by molar-refractivity contribution is -0.385. The Morgan fingerprint density at radius 1 is 1.47 bits per heavy atom. The monoisotopic (exact) mass is 209 g/mol. The van der Waals surface area contributed by atoms with Gasteiger partial charge in [-0.15, -0.1) is 0 Å². The molecule has 1 aromatic carbocycles. The maximum atomic E-state index is 11.2. The molecule has 0 amide bonds. The van der Waals surface area contributed by atoms with E-state index in [1.54, 1.807) is 6.92 Å². The van der Waals surface area contributed by atoms with Gasteiger partial charge in [-0.1, -0.05) is 0 Å². The van der Waals surface area contributed by atoms with E-state index < -0.39 is 4.92 Å². The molecule has 0 fully saturated rings. The van der Waals surface area contributed by atoms with Crippen LogP contribution in [0.4, 0.5) is 5.69 Å². The summed E-state index contributed by atoms with van der Waals surface area (Å²) in [5.41, 5.74) is 0.592. The fraction of sp³-hybridized carbons (Fsp3) is 0.300. The topological polar surface area (TPSA) is 69.4 Å². The fourth-order valence-electron chi connectivity index (χ4n) is 1.35. The molecule has 0 bridgehead atoms. The van der Waals surface area contributed by atoms with Gasteiger partial charge in [-0.3, -0.25) is 14.9 Å². The third-order valence-electron chi connectivity index (χ3n) is 2.17. The summed E-state index contributed by atoms with van der Waals surface area (Å²) in [4.78, 5) is 21.4. The van der Waals surface area contributed by atoms with Gasteiger partial charge in [0, 0.05) is 11.1 Å². The quantitative estimate of drug-likeness (QED) is 0.434. The number of hydrogen-bond acceptors (Lipinski definition) is 4. The van der Waals surface area contributed by atoms with E-state index in [4.69, 9.17) is 4.74 Å². The molecule has 5 nitrogen and oxygen atoms in total. The Kier molecular flexibility index (Phi) is 3.04. The number of ketones is 1. The van der Waals surface area contributed by atoms with E-state index in [-0.39, 0.29) is 11.5 Å². The number of rotatable bonds is 3. The van der Waals surface area contributed by atoms with Crippen LogP contribution in [0.15, 0.2) is 12.1 Å². The number of benzene rings is 1. The molecule has 0 atom stereocenters. The average Bonchev–Trinajstić information content (AvgIpc) is 2.17. The third kappa shape index (κ3) is 2.12. The second-order valence-electron chi connectivity index (χ2n) is 3.13. The van der Waals surface area contributed by atoms with Crippen LogP contribution in [0.3, 0.4) is 0 Å². The van der Waals surface area contributed by atoms with Crippen LogP contribution in [0.2, 0.25) is 0 Å². The molecule has 0 N–H and O–H groups in total. The van der Waals surface area contributed by atoms with Gasteiger partial charge < -0.3 is 4.74 Å². The maximum absolute atomic E-state index is 11.2. The van der Waals surface area contributed by atoms with Crippen molar-refractivity contribution in [2.45, 2.75) is 13.8 Å². The Bertz CT molecular complexity index is 390. The van der Waals surface area contributed by atoms with E-state index in [9.17, 15) is 14.9 Å². The van der Waals surface area contributed by atoms with Gasteiger partial charge in [-0.25, -0.2) is 0 Å². The van der Waals surface area contributed by atoms with Crippen LogP contribution in [0.25, 0.3) is 0 Å². The summed E-state index contributed by atoms with van der Waals surface area (Å²) in [6.07, 6.45) is 0. The molecule has 1 aromatic rings. The highest BCUT2D eigenvalue weighted by Gasteiger charge is 2.18. The Hall–Kier alpha value is -1.91. The molecular formula is C10H11NO4. The summed E-state index contributed by atoms with van der Waals surface area (Å²) in [6.45, 7) is 2.92. The van der Waals surface area contributed by atoms with Gasteiger partial charge in [0.2, 0.25) is 0 Å². The number of nitro benzene ring substituents is 1. The van der Waals surface area contributed by atoms with Gasteiger partial charge >= 0.3 is 0 Å². The lowest BCUT2D eigenvalue weighted by Crippen LogP contribution is -2.01. The van der Waals surface area contributed by atoms with Crippen LogP contribution in [-0.4, -0.2) is 17.8 Å². The van der Waals surface area contributed by atoms with Gasteiger partial charge in [-0.2, -0.15) is 0 Å².